The zero-order chi connectivity index (χ0) is 78.2. The van der Waals surface area contributed by atoms with E-state index in [1.807, 2.05) is 0 Å². The maximum absolute atomic E-state index is 10.0. The minimum Gasteiger partial charge on any atom is -0.512 e. The number of pyridine rings is 3. The van der Waals surface area contributed by atoms with Crippen molar-refractivity contribution < 1.29 is 90.0 Å². The molecular formula is C94H104Ir3N3O6S3-3. The fourth-order valence-electron chi connectivity index (χ4n) is 12.0. The van der Waals surface area contributed by atoms with Crippen molar-refractivity contribution in [1.82, 2.24) is 15.0 Å². The largest absolute Gasteiger partial charge is 0.512 e. The van der Waals surface area contributed by atoms with Crippen LogP contribution in [0.3, 0.4) is 0 Å². The van der Waals surface area contributed by atoms with Crippen LogP contribution in [0.1, 0.15) is 203 Å². The summed E-state index contributed by atoms with van der Waals surface area (Å²) in [6.07, 6.45) is 3.50. The number of carbonyl (C=O) groups is 3. The molecule has 0 atom stereocenters. The zero-order valence-electron chi connectivity index (χ0n) is 67.1. The van der Waals surface area contributed by atoms with Gasteiger partial charge in [0, 0.05) is 109 Å². The molecule has 9 nitrogen and oxygen atoms in total. The van der Waals surface area contributed by atoms with Crippen molar-refractivity contribution in [1.29, 1.82) is 0 Å². The Morgan fingerprint density at radius 1 is 0.385 bits per heavy atom. The van der Waals surface area contributed by atoms with Crippen LogP contribution in [0, 0.1) is 59.7 Å². The van der Waals surface area contributed by atoms with E-state index in [2.05, 4.69) is 288 Å². The first-order valence-electron chi connectivity index (χ1n) is 36.1. The zero-order valence-corrected chi connectivity index (χ0v) is 76.7. The SMILES string of the molecule is CC(=O)C=C(C)O.CC(=O)C=C(C)O.CC(=O)C=C(C)O.Cc1[c-]c(-c2ccc3cc(-c4c(C(C)C)cccc4C(C)C)sc3n2)cc(C)c1.Cc1[c-]c(-c2ccc3cc(-c4cc(C(C)C)cc(C(C)C)c4)sc3n2)cc(C)c1.Cc1[c-]c(-c2ccc3cc(-c4ccc(C(C)(C)C)cc4)sc3n2)cc(C)c1.[Ir].[Ir].[Ir]. The molecule has 15 heteroatoms. The Kier molecular flexibility index (Phi) is 36.6. The minimum absolute atomic E-state index is 0. The monoisotopic (exact) mass is 2050 g/mol. The van der Waals surface area contributed by atoms with Gasteiger partial charge < -0.3 is 15.3 Å². The molecule has 6 aromatic carbocycles. The maximum Gasteiger partial charge on any atom is 0.155 e. The Morgan fingerprint density at radius 2 is 0.697 bits per heavy atom. The summed E-state index contributed by atoms with van der Waals surface area (Å²) < 4.78 is 0. The number of aryl methyl sites for hydroxylation is 6. The fourth-order valence-corrected chi connectivity index (χ4v) is 15.2. The van der Waals surface area contributed by atoms with E-state index in [-0.39, 0.29) is 100 Å². The number of allylic oxidation sites excluding steroid dienone is 6. The van der Waals surface area contributed by atoms with Gasteiger partial charge in [-0.3, -0.25) is 29.3 Å². The van der Waals surface area contributed by atoms with Crippen LogP contribution in [0.15, 0.2) is 187 Å². The molecule has 0 aliphatic carbocycles. The molecule has 579 valence electrons. The summed E-state index contributed by atoms with van der Waals surface area (Å²) in [4.78, 5) is 52.1. The second-order valence-corrected chi connectivity index (χ2v) is 32.8. The van der Waals surface area contributed by atoms with Crippen molar-refractivity contribution in [3.63, 3.8) is 0 Å². The molecule has 0 amide bonds. The number of aliphatic hydroxyl groups is 3. The van der Waals surface area contributed by atoms with Gasteiger partial charge in [-0.1, -0.05) is 215 Å². The average Bonchev–Trinajstić information content (AvgIpc) is 1.64. The van der Waals surface area contributed by atoms with Crippen LogP contribution < -0.4 is 0 Å². The minimum atomic E-state index is -0.125. The third-order valence-corrected chi connectivity index (χ3v) is 20.2. The first-order valence-corrected chi connectivity index (χ1v) is 38.5. The Balaban J connectivity index is 0.000000301. The maximum atomic E-state index is 10.0. The molecule has 109 heavy (non-hydrogen) atoms. The van der Waals surface area contributed by atoms with Crippen LogP contribution in [0.2, 0.25) is 0 Å². The summed E-state index contributed by atoms with van der Waals surface area (Å²) >= 11 is 5.35. The van der Waals surface area contributed by atoms with Crippen LogP contribution >= 0.6 is 34.0 Å². The van der Waals surface area contributed by atoms with Crippen molar-refractivity contribution in [2.24, 2.45) is 0 Å². The molecule has 12 aromatic rings. The molecule has 0 fully saturated rings. The number of carbonyl (C=O) groups excluding carboxylic acids is 3. The normalized spacial score (nSPS) is 11.4. The van der Waals surface area contributed by atoms with Crippen LogP contribution in [-0.4, -0.2) is 47.6 Å². The number of fused-ring (bicyclic) bond motifs is 3. The Hall–Kier alpha value is -7.77. The van der Waals surface area contributed by atoms with E-state index in [4.69, 9.17) is 30.3 Å². The van der Waals surface area contributed by atoms with E-state index in [0.717, 1.165) is 65.0 Å². The van der Waals surface area contributed by atoms with Gasteiger partial charge in [0.05, 0.1) is 17.3 Å². The van der Waals surface area contributed by atoms with Gasteiger partial charge in [-0.05, 0) is 150 Å². The standard InChI is InChI=1S/2C27H28NS.C25H24NS.3C5H8O2.3Ir/c1-16(2)21-12-22(17(3)4)14-24(13-21)26-15-20-7-8-25(28-27(20)29-26)23-10-18(5)9-19(6)11-23;1-16(2)22-8-7-9-23(17(3)4)26(22)25-15-20-10-11-24(28-27(20)29-25)21-13-18(5)12-19(6)14-21;1-16-12-17(2)14-20(13-16)22-11-8-19-15-23(27-24(19)26-22)18-6-9-21(10-7-18)25(3,4)5;3*1-4(6)3-5(2)7;;;/h7-10,12-17H,1-6H3;7-13,15-17H,1-6H3;6-13,15H,1-5H3;3*3,6H,1-2H3;;;/q3*-1;;;;;;. The number of nitrogens with zero attached hydrogens (tertiary/aromatic N) is 3. The first-order chi connectivity index (χ1) is 49.8. The Labute approximate surface area is 700 Å². The fraction of sp³-hybridized carbons (Fsp3) is 0.298. The van der Waals surface area contributed by atoms with E-state index in [1.54, 1.807) is 34.0 Å². The molecule has 0 aliphatic rings. The second kappa shape index (κ2) is 42.6. The summed E-state index contributed by atoms with van der Waals surface area (Å²) in [5, 5.41) is 28.7. The number of hydrogen-bond acceptors (Lipinski definition) is 12. The van der Waals surface area contributed by atoms with Gasteiger partial charge in [0.15, 0.2) is 17.3 Å². The molecule has 0 saturated carbocycles. The van der Waals surface area contributed by atoms with Gasteiger partial charge in [0.25, 0.3) is 0 Å². The predicted molar refractivity (Wildman–Crippen MR) is 453 cm³/mol. The molecule has 3 radical (unpaired) electrons. The molecular weight excluding hydrogens is 1940 g/mol. The van der Waals surface area contributed by atoms with Gasteiger partial charge in [-0.15, -0.1) is 139 Å². The Bertz CT molecular complexity index is 5010. The summed E-state index contributed by atoms with van der Waals surface area (Å²) in [5.41, 5.74) is 24.6. The number of ketones is 3. The summed E-state index contributed by atoms with van der Waals surface area (Å²) in [6, 6.07) is 65.8. The molecule has 0 spiro atoms. The van der Waals surface area contributed by atoms with Gasteiger partial charge in [-0.2, -0.15) is 0 Å². The predicted octanol–water partition coefficient (Wildman–Crippen LogP) is 27.0. The quantitative estimate of drug-likeness (QED) is 0.0582. The summed E-state index contributed by atoms with van der Waals surface area (Å²) in [6.45, 7) is 46.1. The van der Waals surface area contributed by atoms with Crippen LogP contribution in [-0.2, 0) is 80.1 Å². The van der Waals surface area contributed by atoms with Gasteiger partial charge in [0.2, 0.25) is 0 Å². The second-order valence-electron chi connectivity index (χ2n) is 29.7. The third kappa shape index (κ3) is 28.2. The topological polar surface area (TPSA) is 151 Å². The molecule has 6 aromatic heterocycles. The van der Waals surface area contributed by atoms with E-state index in [1.165, 1.54) is 152 Å². The van der Waals surface area contributed by atoms with Crippen molar-refractivity contribution in [2.45, 2.75) is 188 Å². The van der Waals surface area contributed by atoms with Crippen molar-refractivity contribution >= 4 is 82.0 Å². The molecule has 0 bridgehead atoms. The number of aliphatic hydroxyl groups excluding tert-OH is 3. The van der Waals surface area contributed by atoms with Gasteiger partial charge in [-0.25, -0.2) is 0 Å². The van der Waals surface area contributed by atoms with Gasteiger partial charge >= 0.3 is 0 Å². The number of thiophene rings is 3. The molecule has 0 saturated heterocycles. The molecule has 3 N–H and O–H groups in total. The number of hydrogen-bond donors (Lipinski definition) is 3. The number of rotatable bonds is 13. The number of benzene rings is 6. The van der Waals surface area contributed by atoms with Crippen molar-refractivity contribution in [2.75, 3.05) is 0 Å². The first kappa shape index (κ1) is 93.6. The molecule has 6 heterocycles. The average molecular weight is 2040 g/mol. The summed E-state index contributed by atoms with van der Waals surface area (Å²) in [7, 11) is 0. The van der Waals surface area contributed by atoms with Crippen LogP contribution in [0.25, 0.3) is 95.7 Å². The smallest absolute Gasteiger partial charge is 0.155 e. The van der Waals surface area contributed by atoms with Crippen molar-refractivity contribution in [3.8, 4) is 65.1 Å². The van der Waals surface area contributed by atoms with E-state index in [9.17, 15) is 14.4 Å². The van der Waals surface area contributed by atoms with Crippen LogP contribution in [0.4, 0.5) is 0 Å². The molecule has 0 unspecified atom stereocenters. The van der Waals surface area contributed by atoms with E-state index < -0.39 is 0 Å². The molecule has 12 rings (SSSR count). The van der Waals surface area contributed by atoms with E-state index in [0.29, 0.717) is 23.7 Å². The third-order valence-electron chi connectivity index (χ3n) is 16.9. The number of aromatic nitrogens is 3. The van der Waals surface area contributed by atoms with Gasteiger partial charge in [0.1, 0.15) is 14.5 Å². The van der Waals surface area contributed by atoms with Crippen molar-refractivity contribution in [3.05, 3.63) is 267 Å². The Morgan fingerprint density at radius 3 is 0.972 bits per heavy atom. The summed E-state index contributed by atoms with van der Waals surface area (Å²) in [5.74, 6) is 1.83. The van der Waals surface area contributed by atoms with Crippen LogP contribution in [0.5, 0.6) is 0 Å². The van der Waals surface area contributed by atoms with E-state index >= 15 is 0 Å². The molecule has 0 aliphatic heterocycles.